The zero-order valence-corrected chi connectivity index (χ0v) is 14.9. The molecule has 0 amide bonds. The van der Waals surface area contributed by atoms with Crippen molar-refractivity contribution in [1.82, 2.24) is 10.7 Å². The minimum atomic E-state index is -0.0739. The van der Waals surface area contributed by atoms with Crippen molar-refractivity contribution < 1.29 is 5.11 Å². The lowest BCUT2D eigenvalue weighted by Gasteiger charge is -2.15. The molecule has 1 aliphatic rings. The van der Waals surface area contributed by atoms with Gasteiger partial charge in [0, 0.05) is 10.6 Å². The number of aromatic hydroxyl groups is 1. The third-order valence-corrected chi connectivity index (χ3v) is 4.58. The molecule has 0 heterocycles. The van der Waals surface area contributed by atoms with E-state index in [1.807, 2.05) is 12.1 Å². The fourth-order valence-corrected chi connectivity index (χ4v) is 3.45. The molecule has 24 heavy (non-hydrogen) atoms. The Morgan fingerprint density at radius 2 is 2.08 bits per heavy atom. The molecule has 0 bridgehead atoms. The minimum Gasteiger partial charge on any atom is -0.506 e. The van der Waals surface area contributed by atoms with Crippen LogP contribution < -0.4 is 10.7 Å². The lowest BCUT2D eigenvalue weighted by atomic mass is 10.1. The molecular weight excluding hydrogens is 365 g/mol. The van der Waals surface area contributed by atoms with Gasteiger partial charge >= 0.3 is 0 Å². The quantitative estimate of drug-likeness (QED) is 0.425. The van der Waals surface area contributed by atoms with Gasteiger partial charge in [-0.3, -0.25) is 5.43 Å². The summed E-state index contributed by atoms with van der Waals surface area (Å²) in [6, 6.07) is 11.5. The van der Waals surface area contributed by atoms with Gasteiger partial charge in [0.05, 0.1) is 17.3 Å². The maximum atomic E-state index is 9.87. The second-order valence-corrected chi connectivity index (χ2v) is 6.71. The van der Waals surface area contributed by atoms with E-state index in [0.29, 0.717) is 15.7 Å². The Hall–Kier alpha value is -1.82. The van der Waals surface area contributed by atoms with Gasteiger partial charge in [-0.1, -0.05) is 47.5 Å². The molecule has 0 radical (unpaired) electrons. The van der Waals surface area contributed by atoms with Crippen LogP contribution in [0, 0.1) is 0 Å². The molecule has 2 aromatic rings. The van der Waals surface area contributed by atoms with Crippen molar-refractivity contribution in [2.24, 2.45) is 5.10 Å². The van der Waals surface area contributed by atoms with Crippen LogP contribution in [0.3, 0.4) is 0 Å². The summed E-state index contributed by atoms with van der Waals surface area (Å²) >= 11 is 17.0. The molecule has 3 N–H and O–H groups in total. The zero-order valence-electron chi connectivity index (χ0n) is 12.6. The van der Waals surface area contributed by atoms with Gasteiger partial charge in [-0.25, -0.2) is 0 Å². The molecule has 4 nitrogen and oxygen atoms in total. The number of hydrogen-bond donors (Lipinski definition) is 3. The molecule has 0 fully saturated rings. The van der Waals surface area contributed by atoms with Crippen LogP contribution in [0.25, 0.3) is 0 Å². The number of aryl methyl sites for hydroxylation is 1. The lowest BCUT2D eigenvalue weighted by molar-refractivity contribution is 0.474. The molecule has 124 valence electrons. The normalized spacial score (nSPS) is 16.2. The molecular formula is C17H15Cl2N3OS. The minimum absolute atomic E-state index is 0.0739. The maximum Gasteiger partial charge on any atom is 0.187 e. The highest BCUT2D eigenvalue weighted by atomic mass is 35.5. The average molecular weight is 380 g/mol. The molecule has 0 saturated carbocycles. The molecule has 1 atom stereocenters. The van der Waals surface area contributed by atoms with Crippen molar-refractivity contribution in [2.75, 3.05) is 0 Å². The third-order valence-electron chi connectivity index (χ3n) is 3.87. The first-order valence-electron chi connectivity index (χ1n) is 7.40. The van der Waals surface area contributed by atoms with Crippen LogP contribution in [0.15, 0.2) is 41.5 Å². The van der Waals surface area contributed by atoms with Crippen LogP contribution in [-0.4, -0.2) is 16.4 Å². The second kappa shape index (κ2) is 7.38. The van der Waals surface area contributed by atoms with E-state index < -0.39 is 0 Å². The van der Waals surface area contributed by atoms with E-state index in [9.17, 15) is 5.11 Å². The lowest BCUT2D eigenvalue weighted by Crippen LogP contribution is -2.34. The third kappa shape index (κ3) is 3.80. The van der Waals surface area contributed by atoms with E-state index in [4.69, 9.17) is 35.4 Å². The standard InChI is InChI=1S/C17H15Cl2N3OS/c18-12-7-11(16(23)14(19)8-12)9-20-22-17(24)21-15-6-5-10-3-1-2-4-13(10)15/h1-4,7-9,15,23H,5-6H2,(H2,21,22,24)/b20-9-/t15-/m1/s1. The van der Waals surface area contributed by atoms with Gasteiger partial charge in [-0.05, 0) is 48.3 Å². The van der Waals surface area contributed by atoms with Crippen molar-refractivity contribution in [3.63, 3.8) is 0 Å². The van der Waals surface area contributed by atoms with Gasteiger partial charge in [0.25, 0.3) is 0 Å². The molecule has 0 saturated heterocycles. The number of nitrogens with one attached hydrogen (secondary N) is 2. The Bertz CT molecular complexity index is 810. The summed E-state index contributed by atoms with van der Waals surface area (Å²) in [6.45, 7) is 0. The monoisotopic (exact) mass is 379 g/mol. The van der Waals surface area contributed by atoms with Gasteiger partial charge < -0.3 is 10.4 Å². The van der Waals surface area contributed by atoms with Crippen LogP contribution in [0.4, 0.5) is 0 Å². The molecule has 7 heteroatoms. The summed E-state index contributed by atoms with van der Waals surface area (Å²) < 4.78 is 0. The van der Waals surface area contributed by atoms with Crippen LogP contribution >= 0.6 is 35.4 Å². The van der Waals surface area contributed by atoms with Crippen LogP contribution in [0.1, 0.15) is 29.2 Å². The summed E-state index contributed by atoms with van der Waals surface area (Å²) in [5, 5.41) is 18.2. The molecule has 0 spiro atoms. The molecule has 1 aliphatic carbocycles. The highest BCUT2D eigenvalue weighted by Gasteiger charge is 2.22. The van der Waals surface area contributed by atoms with E-state index in [1.54, 1.807) is 6.07 Å². The average Bonchev–Trinajstić information content (AvgIpc) is 2.95. The van der Waals surface area contributed by atoms with Crippen molar-refractivity contribution >= 4 is 46.7 Å². The number of nitrogens with zero attached hydrogens (tertiary/aromatic N) is 1. The van der Waals surface area contributed by atoms with Gasteiger partial charge in [0.15, 0.2) is 5.11 Å². The molecule has 2 aromatic carbocycles. The summed E-state index contributed by atoms with van der Waals surface area (Å²) in [4.78, 5) is 0. The van der Waals surface area contributed by atoms with Gasteiger partial charge in [0.2, 0.25) is 0 Å². The molecule has 0 aromatic heterocycles. The number of hydrogen-bond acceptors (Lipinski definition) is 3. The topological polar surface area (TPSA) is 56.7 Å². The van der Waals surface area contributed by atoms with Crippen molar-refractivity contribution in [2.45, 2.75) is 18.9 Å². The first-order chi connectivity index (χ1) is 11.5. The fraction of sp³-hybridized carbons (Fsp3) is 0.176. The molecule has 0 aliphatic heterocycles. The van der Waals surface area contributed by atoms with Gasteiger partial charge in [0.1, 0.15) is 5.75 Å². The summed E-state index contributed by atoms with van der Waals surface area (Å²) in [5.74, 6) is -0.0739. The first-order valence-corrected chi connectivity index (χ1v) is 8.56. The van der Waals surface area contributed by atoms with Crippen molar-refractivity contribution in [3.05, 3.63) is 63.1 Å². The van der Waals surface area contributed by atoms with E-state index in [2.05, 4.69) is 28.0 Å². The maximum absolute atomic E-state index is 9.87. The summed E-state index contributed by atoms with van der Waals surface area (Å²) in [6.07, 6.45) is 3.45. The number of rotatable bonds is 3. The summed E-state index contributed by atoms with van der Waals surface area (Å²) in [5.41, 5.74) is 5.77. The number of halogens is 2. The van der Waals surface area contributed by atoms with Crippen LogP contribution in [0.2, 0.25) is 10.0 Å². The second-order valence-electron chi connectivity index (χ2n) is 5.46. The number of thiocarbonyl (C=S) groups is 1. The number of fused-ring (bicyclic) bond motifs is 1. The van der Waals surface area contributed by atoms with Crippen molar-refractivity contribution in [1.29, 1.82) is 0 Å². The Morgan fingerprint density at radius 1 is 1.29 bits per heavy atom. The van der Waals surface area contributed by atoms with Crippen LogP contribution in [-0.2, 0) is 6.42 Å². The highest BCUT2D eigenvalue weighted by molar-refractivity contribution is 7.80. The van der Waals surface area contributed by atoms with Gasteiger partial charge in [-0.15, -0.1) is 0 Å². The Balaban J connectivity index is 1.61. The zero-order chi connectivity index (χ0) is 17.1. The summed E-state index contributed by atoms with van der Waals surface area (Å²) in [7, 11) is 0. The highest BCUT2D eigenvalue weighted by Crippen LogP contribution is 2.31. The predicted molar refractivity (Wildman–Crippen MR) is 102 cm³/mol. The smallest absolute Gasteiger partial charge is 0.187 e. The largest absolute Gasteiger partial charge is 0.506 e. The van der Waals surface area contributed by atoms with Crippen molar-refractivity contribution in [3.8, 4) is 5.75 Å². The number of phenols is 1. The van der Waals surface area contributed by atoms with E-state index in [0.717, 1.165) is 12.8 Å². The Morgan fingerprint density at radius 3 is 2.92 bits per heavy atom. The van der Waals surface area contributed by atoms with E-state index in [1.165, 1.54) is 23.4 Å². The fourth-order valence-electron chi connectivity index (χ4n) is 2.74. The number of phenolic OH excluding ortho intramolecular Hbond substituents is 1. The first kappa shape index (κ1) is 17.0. The molecule has 3 rings (SSSR count). The number of benzene rings is 2. The SMILES string of the molecule is Oc1c(Cl)cc(Cl)cc1/C=N\NC(=S)N[C@@H]1CCc2ccccc21. The Labute approximate surface area is 155 Å². The Kier molecular flexibility index (Phi) is 5.23. The molecule has 0 unspecified atom stereocenters. The van der Waals surface area contributed by atoms with E-state index in [-0.39, 0.29) is 16.8 Å². The number of hydrazone groups is 1. The van der Waals surface area contributed by atoms with Gasteiger partial charge in [-0.2, -0.15) is 5.10 Å². The van der Waals surface area contributed by atoms with Crippen LogP contribution in [0.5, 0.6) is 5.75 Å². The predicted octanol–water partition coefficient (Wildman–Crippen LogP) is 4.18. The van der Waals surface area contributed by atoms with E-state index >= 15 is 0 Å².